The second-order valence-electron chi connectivity index (χ2n) is 7.58. The second kappa shape index (κ2) is 11.1. The van der Waals surface area contributed by atoms with Gasteiger partial charge in [0.15, 0.2) is 5.78 Å². The molecule has 8 heteroatoms. The highest BCUT2D eigenvalue weighted by molar-refractivity contribution is 6.17. The maximum absolute atomic E-state index is 13.5. The zero-order valence-corrected chi connectivity index (χ0v) is 17.9. The first kappa shape index (κ1) is 23.0. The van der Waals surface area contributed by atoms with Crippen LogP contribution in [0.1, 0.15) is 32.6 Å². The molecule has 0 unspecified atom stereocenters. The predicted octanol–water partition coefficient (Wildman–Crippen LogP) is 0.823. The molecule has 31 heavy (non-hydrogen) atoms. The molecular formula is C23H32N4O4. The van der Waals surface area contributed by atoms with Crippen LogP contribution in [-0.2, 0) is 6.42 Å². The molecule has 0 atom stereocenters. The molecule has 1 aliphatic rings. The highest BCUT2D eigenvalue weighted by atomic mass is 16.3. The Morgan fingerprint density at radius 1 is 0.774 bits per heavy atom. The van der Waals surface area contributed by atoms with E-state index in [0.29, 0.717) is 62.4 Å². The number of rotatable bonds is 12. The lowest BCUT2D eigenvalue weighted by atomic mass is 9.81. The largest absolute Gasteiger partial charge is 0.508 e. The first-order valence-electron chi connectivity index (χ1n) is 10.7. The Morgan fingerprint density at radius 2 is 1.39 bits per heavy atom. The number of carbonyl (C=O) groups is 1. The third kappa shape index (κ3) is 5.34. The first-order chi connectivity index (χ1) is 15.1. The fourth-order valence-electron chi connectivity index (χ4n) is 3.93. The smallest absolute Gasteiger partial charge is 0.196 e. The molecule has 0 spiro atoms. The van der Waals surface area contributed by atoms with E-state index in [1.54, 1.807) is 12.1 Å². The van der Waals surface area contributed by atoms with E-state index in [9.17, 15) is 9.90 Å². The molecule has 1 aliphatic carbocycles. The van der Waals surface area contributed by atoms with E-state index in [0.717, 1.165) is 22.5 Å². The summed E-state index contributed by atoms with van der Waals surface area (Å²) in [5.74, 6) is 0.0549. The number of hydrogen-bond acceptors (Lipinski definition) is 8. The predicted molar refractivity (Wildman–Crippen MR) is 122 cm³/mol. The third-order valence-electron chi connectivity index (χ3n) is 5.43. The van der Waals surface area contributed by atoms with Crippen LogP contribution in [0.4, 0.5) is 11.4 Å². The Balaban J connectivity index is 1.89. The highest BCUT2D eigenvalue weighted by Gasteiger charge is 2.31. The maximum atomic E-state index is 13.5. The Morgan fingerprint density at radius 3 is 2.03 bits per heavy atom. The molecule has 0 saturated heterocycles. The van der Waals surface area contributed by atoms with Gasteiger partial charge in [0, 0.05) is 68.2 Å². The molecule has 0 heterocycles. The van der Waals surface area contributed by atoms with Crippen LogP contribution in [0.2, 0.25) is 0 Å². The zero-order chi connectivity index (χ0) is 22.2. The van der Waals surface area contributed by atoms with Crippen molar-refractivity contribution >= 4 is 17.2 Å². The average molecular weight is 429 g/mol. The number of aromatic hydroxyl groups is 1. The molecule has 0 bridgehead atoms. The van der Waals surface area contributed by atoms with Gasteiger partial charge >= 0.3 is 0 Å². The number of hydrogen-bond donors (Lipinski definition) is 7. The van der Waals surface area contributed by atoms with Crippen LogP contribution in [-0.4, -0.2) is 73.6 Å². The minimum Gasteiger partial charge on any atom is -0.508 e. The molecular weight excluding hydrogens is 396 g/mol. The van der Waals surface area contributed by atoms with Crippen molar-refractivity contribution in [3.63, 3.8) is 0 Å². The first-order valence-corrected chi connectivity index (χ1v) is 10.7. The van der Waals surface area contributed by atoms with Gasteiger partial charge in [0.25, 0.3) is 0 Å². The van der Waals surface area contributed by atoms with Gasteiger partial charge in [-0.15, -0.1) is 0 Å². The molecule has 3 rings (SSSR count). The number of fused-ring (bicyclic) bond motifs is 2. The minimum atomic E-state index is -0.0856. The van der Waals surface area contributed by atoms with Crippen molar-refractivity contribution in [3.05, 3.63) is 52.1 Å². The fourth-order valence-corrected chi connectivity index (χ4v) is 3.93. The normalized spacial score (nSPS) is 12.4. The van der Waals surface area contributed by atoms with Gasteiger partial charge in [-0.2, -0.15) is 0 Å². The summed E-state index contributed by atoms with van der Waals surface area (Å²) in [5.41, 5.74) is 5.24. The number of ketones is 1. The Bertz CT molecular complexity index is 917. The molecule has 0 saturated carbocycles. The lowest BCUT2D eigenvalue weighted by Crippen LogP contribution is -2.27. The van der Waals surface area contributed by atoms with Gasteiger partial charge in [0.05, 0.1) is 18.8 Å². The van der Waals surface area contributed by atoms with Gasteiger partial charge < -0.3 is 36.6 Å². The van der Waals surface area contributed by atoms with Crippen molar-refractivity contribution in [1.29, 1.82) is 0 Å². The van der Waals surface area contributed by atoms with Crippen molar-refractivity contribution < 1.29 is 20.1 Å². The van der Waals surface area contributed by atoms with Gasteiger partial charge in [-0.25, -0.2) is 0 Å². The van der Waals surface area contributed by atoms with Crippen LogP contribution in [0.3, 0.4) is 0 Å². The molecule has 8 nitrogen and oxygen atoms in total. The van der Waals surface area contributed by atoms with E-state index in [1.807, 2.05) is 19.1 Å². The number of carbonyl (C=O) groups excluding carboxylic acids is 1. The van der Waals surface area contributed by atoms with Gasteiger partial charge in [-0.05, 0) is 36.2 Å². The van der Waals surface area contributed by atoms with Crippen molar-refractivity contribution in [1.82, 2.24) is 10.6 Å². The topological polar surface area (TPSA) is 126 Å². The molecule has 2 aromatic rings. The van der Waals surface area contributed by atoms with E-state index < -0.39 is 0 Å². The summed E-state index contributed by atoms with van der Waals surface area (Å²) >= 11 is 0. The van der Waals surface area contributed by atoms with Crippen LogP contribution >= 0.6 is 0 Å². The van der Waals surface area contributed by atoms with Crippen LogP contribution in [0.15, 0.2) is 24.3 Å². The van der Waals surface area contributed by atoms with E-state index in [1.165, 1.54) is 0 Å². The average Bonchev–Trinajstić information content (AvgIpc) is 2.76. The van der Waals surface area contributed by atoms with Gasteiger partial charge in [0.1, 0.15) is 5.75 Å². The lowest BCUT2D eigenvalue weighted by Gasteiger charge is -2.26. The van der Waals surface area contributed by atoms with E-state index in [-0.39, 0.29) is 24.7 Å². The van der Waals surface area contributed by atoms with E-state index in [4.69, 9.17) is 10.2 Å². The van der Waals surface area contributed by atoms with Crippen LogP contribution in [0.25, 0.3) is 0 Å². The van der Waals surface area contributed by atoms with Crippen molar-refractivity contribution in [2.75, 3.05) is 63.1 Å². The minimum absolute atomic E-state index is 0.0843. The monoisotopic (exact) mass is 428 g/mol. The molecule has 0 amide bonds. The van der Waals surface area contributed by atoms with Crippen LogP contribution in [0.5, 0.6) is 5.75 Å². The van der Waals surface area contributed by atoms with Crippen LogP contribution < -0.4 is 21.3 Å². The fraction of sp³-hybridized carbons (Fsp3) is 0.435. The quantitative estimate of drug-likeness (QED) is 0.212. The summed E-state index contributed by atoms with van der Waals surface area (Å²) in [6.45, 7) is 5.73. The number of phenolic OH excluding ortho intramolecular Hbond substituents is 1. The maximum Gasteiger partial charge on any atom is 0.196 e. The number of benzene rings is 2. The van der Waals surface area contributed by atoms with Crippen molar-refractivity contribution in [3.8, 4) is 5.75 Å². The zero-order valence-electron chi connectivity index (χ0n) is 17.9. The Hall–Kier alpha value is -2.65. The number of nitrogens with one attached hydrogen (secondary N) is 4. The highest BCUT2D eigenvalue weighted by Crippen LogP contribution is 2.40. The third-order valence-corrected chi connectivity index (χ3v) is 5.43. The molecule has 0 aliphatic heterocycles. The summed E-state index contributed by atoms with van der Waals surface area (Å²) in [6, 6.07) is 7.29. The van der Waals surface area contributed by atoms with E-state index in [2.05, 4.69) is 21.3 Å². The van der Waals surface area contributed by atoms with Crippen molar-refractivity contribution in [2.24, 2.45) is 0 Å². The molecule has 0 radical (unpaired) electrons. The standard InChI is InChI=1S/C23H32N4O4/c1-15-2-5-20(30)17-14-16-18(26-8-6-24-10-12-28)3-4-19(22(16)23(31)21(15)17)27-9-7-25-11-13-29/h2-5,24-30H,6-14H2,1H3. The van der Waals surface area contributed by atoms with Gasteiger partial charge in [-0.3, -0.25) is 4.79 Å². The van der Waals surface area contributed by atoms with Gasteiger partial charge in [-0.1, -0.05) is 6.07 Å². The number of anilines is 2. The summed E-state index contributed by atoms with van der Waals surface area (Å²) in [4.78, 5) is 13.5. The molecule has 7 N–H and O–H groups in total. The summed E-state index contributed by atoms with van der Waals surface area (Å²) < 4.78 is 0. The Labute approximate surface area is 182 Å². The molecule has 2 aromatic carbocycles. The number of aliphatic hydroxyl groups is 2. The van der Waals surface area contributed by atoms with Gasteiger partial charge in [0.2, 0.25) is 0 Å². The molecule has 0 fully saturated rings. The lowest BCUT2D eigenvalue weighted by molar-refractivity contribution is 0.103. The van der Waals surface area contributed by atoms with Crippen molar-refractivity contribution in [2.45, 2.75) is 13.3 Å². The summed E-state index contributed by atoms with van der Waals surface area (Å²) in [5, 5.41) is 41.2. The molecule has 168 valence electrons. The summed E-state index contributed by atoms with van der Waals surface area (Å²) in [7, 11) is 0. The second-order valence-corrected chi connectivity index (χ2v) is 7.58. The Kier molecular flexibility index (Phi) is 8.25. The van der Waals surface area contributed by atoms with Crippen LogP contribution in [0, 0.1) is 6.92 Å². The SMILES string of the molecule is Cc1ccc(O)c2c1C(=O)c1c(NCCNCCO)ccc(NCCNCCO)c1C2. The number of aliphatic hydroxyl groups excluding tert-OH is 2. The number of aryl methyl sites for hydroxylation is 1. The summed E-state index contributed by atoms with van der Waals surface area (Å²) in [6.07, 6.45) is 0.467. The molecule has 0 aromatic heterocycles. The van der Waals surface area contributed by atoms with E-state index >= 15 is 0 Å². The number of phenols is 1.